The van der Waals surface area contributed by atoms with E-state index in [0.717, 1.165) is 6.54 Å². The van der Waals surface area contributed by atoms with Gasteiger partial charge in [-0.15, -0.1) is 0 Å². The molecule has 1 heterocycles. The molecule has 17 heavy (non-hydrogen) atoms. The van der Waals surface area contributed by atoms with Crippen LogP contribution in [0.4, 0.5) is 0 Å². The van der Waals surface area contributed by atoms with Gasteiger partial charge in [0.2, 0.25) is 11.8 Å². The average Bonchev–Trinajstić information content (AvgIpc) is 2.44. The lowest BCUT2D eigenvalue weighted by Gasteiger charge is -2.23. The highest BCUT2D eigenvalue weighted by atomic mass is 16.2. The highest BCUT2D eigenvalue weighted by Crippen LogP contribution is 2.20. The molecule has 1 aliphatic heterocycles. The fourth-order valence-electron chi connectivity index (χ4n) is 2.04. The first-order valence-electron chi connectivity index (χ1n) is 6.29. The van der Waals surface area contributed by atoms with E-state index in [2.05, 4.69) is 19.2 Å². The lowest BCUT2D eigenvalue weighted by molar-refractivity contribution is -0.129. The summed E-state index contributed by atoms with van der Waals surface area (Å²) in [4.78, 5) is 25.5. The van der Waals surface area contributed by atoms with Crippen LogP contribution in [-0.2, 0) is 9.59 Å². The molecule has 0 radical (unpaired) electrons. The molecule has 4 heteroatoms. The second-order valence-corrected chi connectivity index (χ2v) is 6.33. The highest BCUT2D eigenvalue weighted by Gasteiger charge is 2.35. The number of carbonyl (C=O) groups excluding carboxylic acids is 2. The van der Waals surface area contributed by atoms with Crippen molar-refractivity contribution in [3.05, 3.63) is 0 Å². The van der Waals surface area contributed by atoms with Crippen LogP contribution in [0.15, 0.2) is 0 Å². The van der Waals surface area contributed by atoms with Crippen LogP contribution in [-0.4, -0.2) is 35.3 Å². The van der Waals surface area contributed by atoms with Gasteiger partial charge in [0.25, 0.3) is 0 Å². The Morgan fingerprint density at radius 3 is 2.53 bits per heavy atom. The second-order valence-electron chi connectivity index (χ2n) is 6.33. The summed E-state index contributed by atoms with van der Waals surface area (Å²) < 4.78 is 0. The van der Waals surface area contributed by atoms with Gasteiger partial charge < -0.3 is 10.2 Å². The van der Waals surface area contributed by atoms with E-state index in [9.17, 15) is 9.59 Å². The molecule has 1 unspecified atom stereocenters. The Bertz CT molecular complexity index is 305. The van der Waals surface area contributed by atoms with Crippen molar-refractivity contribution in [3.63, 3.8) is 0 Å². The number of hydrogen-bond donors (Lipinski definition) is 1. The molecule has 0 aliphatic carbocycles. The zero-order valence-electron chi connectivity index (χ0n) is 11.5. The van der Waals surface area contributed by atoms with Gasteiger partial charge in [0.05, 0.1) is 5.92 Å². The lowest BCUT2D eigenvalue weighted by Crippen LogP contribution is -2.44. The minimum atomic E-state index is -0.231. The number of amides is 2. The first-order valence-corrected chi connectivity index (χ1v) is 6.29. The smallest absolute Gasteiger partial charge is 0.225 e. The molecular formula is C13H24N2O2. The van der Waals surface area contributed by atoms with Gasteiger partial charge in [-0.25, -0.2) is 0 Å². The number of rotatable bonds is 3. The van der Waals surface area contributed by atoms with Crippen LogP contribution >= 0.6 is 0 Å². The molecule has 0 saturated carbocycles. The number of likely N-dealkylation sites (tertiary alicyclic amines) is 1. The van der Waals surface area contributed by atoms with Crippen molar-refractivity contribution in [2.45, 2.75) is 46.6 Å². The Hall–Kier alpha value is -1.06. The molecule has 1 aliphatic rings. The molecule has 1 saturated heterocycles. The summed E-state index contributed by atoms with van der Waals surface area (Å²) in [6.07, 6.45) is 0.356. The van der Waals surface area contributed by atoms with Gasteiger partial charge in [-0.2, -0.15) is 0 Å². The maximum absolute atomic E-state index is 11.9. The summed E-state index contributed by atoms with van der Waals surface area (Å²) in [5.41, 5.74) is -0.231. The standard InChI is InChI=1S/C13H24N2O2/c1-9(2)7-15-8-10(6-11(15)16)12(17)14-13(3,4)5/h9-10H,6-8H2,1-5H3,(H,14,17). The van der Waals surface area contributed by atoms with E-state index >= 15 is 0 Å². The van der Waals surface area contributed by atoms with Crippen LogP contribution < -0.4 is 5.32 Å². The minimum absolute atomic E-state index is 0.00268. The number of carbonyl (C=O) groups is 2. The van der Waals surface area contributed by atoms with Gasteiger partial charge in [-0.3, -0.25) is 9.59 Å². The van der Waals surface area contributed by atoms with Gasteiger partial charge in [0, 0.05) is 25.0 Å². The van der Waals surface area contributed by atoms with Crippen LogP contribution in [0, 0.1) is 11.8 Å². The van der Waals surface area contributed by atoms with Crippen molar-refractivity contribution in [1.29, 1.82) is 0 Å². The number of nitrogens with one attached hydrogen (secondary N) is 1. The maximum Gasteiger partial charge on any atom is 0.225 e. The topological polar surface area (TPSA) is 49.4 Å². The summed E-state index contributed by atoms with van der Waals surface area (Å²) in [5.74, 6) is 0.369. The zero-order valence-corrected chi connectivity index (χ0v) is 11.5. The van der Waals surface area contributed by atoms with Gasteiger partial charge in [0.1, 0.15) is 0 Å². The first kappa shape index (κ1) is 14.0. The van der Waals surface area contributed by atoms with Crippen molar-refractivity contribution < 1.29 is 9.59 Å². The largest absolute Gasteiger partial charge is 0.351 e. The van der Waals surface area contributed by atoms with Crippen LogP contribution in [0.5, 0.6) is 0 Å². The van der Waals surface area contributed by atoms with Gasteiger partial charge in [-0.05, 0) is 26.7 Å². The Kier molecular flexibility index (Phi) is 4.17. The van der Waals surface area contributed by atoms with E-state index in [1.165, 1.54) is 0 Å². The second kappa shape index (κ2) is 5.07. The zero-order chi connectivity index (χ0) is 13.2. The van der Waals surface area contributed by atoms with Crippen molar-refractivity contribution in [1.82, 2.24) is 10.2 Å². The summed E-state index contributed by atoms with van der Waals surface area (Å²) in [7, 11) is 0. The normalized spacial score (nSPS) is 21.2. The average molecular weight is 240 g/mol. The Morgan fingerprint density at radius 2 is 2.06 bits per heavy atom. The first-order chi connectivity index (χ1) is 7.69. The van der Waals surface area contributed by atoms with Crippen molar-refractivity contribution in [2.75, 3.05) is 13.1 Å². The van der Waals surface area contributed by atoms with Crippen LogP contribution in [0.3, 0.4) is 0 Å². The Labute approximate surface area is 104 Å². The van der Waals surface area contributed by atoms with Gasteiger partial charge >= 0.3 is 0 Å². The third-order valence-corrected chi connectivity index (χ3v) is 2.67. The van der Waals surface area contributed by atoms with Crippen LogP contribution in [0.25, 0.3) is 0 Å². The Balaban J connectivity index is 2.54. The fourth-order valence-corrected chi connectivity index (χ4v) is 2.04. The molecule has 4 nitrogen and oxygen atoms in total. The van der Waals surface area contributed by atoms with Crippen LogP contribution in [0.1, 0.15) is 41.0 Å². The number of nitrogens with zero attached hydrogens (tertiary/aromatic N) is 1. The quantitative estimate of drug-likeness (QED) is 0.810. The number of hydrogen-bond acceptors (Lipinski definition) is 2. The van der Waals surface area contributed by atoms with Crippen molar-refractivity contribution in [2.24, 2.45) is 11.8 Å². The molecule has 98 valence electrons. The summed E-state index contributed by atoms with van der Waals surface area (Å²) in [6, 6.07) is 0. The van der Waals surface area contributed by atoms with E-state index in [-0.39, 0.29) is 23.3 Å². The molecule has 1 N–H and O–H groups in total. The molecule has 0 aromatic carbocycles. The predicted molar refractivity (Wildman–Crippen MR) is 67.4 cm³/mol. The third kappa shape index (κ3) is 4.36. The molecular weight excluding hydrogens is 216 g/mol. The summed E-state index contributed by atoms with van der Waals surface area (Å²) in [6.45, 7) is 11.3. The van der Waals surface area contributed by atoms with Gasteiger partial charge in [0.15, 0.2) is 0 Å². The molecule has 0 aromatic rings. The minimum Gasteiger partial charge on any atom is -0.351 e. The molecule has 1 fully saturated rings. The van der Waals surface area contributed by atoms with Gasteiger partial charge in [-0.1, -0.05) is 13.8 Å². The van der Waals surface area contributed by atoms with Crippen molar-refractivity contribution in [3.8, 4) is 0 Å². The summed E-state index contributed by atoms with van der Waals surface area (Å²) >= 11 is 0. The third-order valence-electron chi connectivity index (χ3n) is 2.67. The van der Waals surface area contributed by atoms with Crippen molar-refractivity contribution >= 4 is 11.8 Å². The predicted octanol–water partition coefficient (Wildman–Crippen LogP) is 1.41. The maximum atomic E-state index is 11.9. The molecule has 0 spiro atoms. The molecule has 0 aromatic heterocycles. The highest BCUT2D eigenvalue weighted by molar-refractivity contribution is 5.89. The molecule has 2 amide bonds. The van der Waals surface area contributed by atoms with E-state index in [1.807, 2.05) is 20.8 Å². The monoisotopic (exact) mass is 240 g/mol. The van der Waals surface area contributed by atoms with E-state index in [1.54, 1.807) is 4.90 Å². The summed E-state index contributed by atoms with van der Waals surface area (Å²) in [5, 5.41) is 2.94. The molecule has 1 rings (SSSR count). The van der Waals surface area contributed by atoms with E-state index in [4.69, 9.17) is 0 Å². The molecule has 0 bridgehead atoms. The molecule has 1 atom stereocenters. The lowest BCUT2D eigenvalue weighted by atomic mass is 10.0. The Morgan fingerprint density at radius 1 is 1.47 bits per heavy atom. The SMILES string of the molecule is CC(C)CN1CC(C(=O)NC(C)(C)C)CC1=O. The van der Waals surface area contributed by atoms with E-state index in [0.29, 0.717) is 18.9 Å². The van der Waals surface area contributed by atoms with E-state index < -0.39 is 0 Å². The van der Waals surface area contributed by atoms with Crippen LogP contribution in [0.2, 0.25) is 0 Å². The fraction of sp³-hybridized carbons (Fsp3) is 0.846.